The molecule has 1 unspecified atom stereocenters. The quantitative estimate of drug-likeness (QED) is 0.834. The van der Waals surface area contributed by atoms with Crippen LogP contribution in [0.15, 0.2) is 53.4 Å². The molecule has 0 heterocycles. The summed E-state index contributed by atoms with van der Waals surface area (Å²) in [5.41, 5.74) is 2.22. The van der Waals surface area contributed by atoms with Crippen LogP contribution in [0, 0.1) is 0 Å². The topological polar surface area (TPSA) is 29.5 Å². The molecule has 3 heteroatoms. The van der Waals surface area contributed by atoms with Gasteiger partial charge in [-0.3, -0.25) is 0 Å². The molecule has 1 N–H and O–H groups in total. The maximum atomic E-state index is 9.57. The molecule has 0 aromatic heterocycles. The van der Waals surface area contributed by atoms with Gasteiger partial charge in [0.1, 0.15) is 5.75 Å². The molecule has 0 bridgehead atoms. The number of rotatable bonds is 5. The average Bonchev–Trinajstić information content (AvgIpc) is 2.46. The van der Waals surface area contributed by atoms with Crippen molar-refractivity contribution in [2.45, 2.75) is 23.7 Å². The van der Waals surface area contributed by atoms with Crippen molar-refractivity contribution in [2.24, 2.45) is 0 Å². The van der Waals surface area contributed by atoms with Crippen molar-refractivity contribution in [3.8, 4) is 5.75 Å². The maximum Gasteiger partial charge on any atom is 0.118 e. The highest BCUT2D eigenvalue weighted by molar-refractivity contribution is 7.98. The third kappa shape index (κ3) is 4.01. The minimum absolute atomic E-state index is 0.415. The SMILES string of the molecule is COc1ccc(CSc2cccc(C(C)O)c2)cc1. The maximum absolute atomic E-state index is 9.57. The van der Waals surface area contributed by atoms with Crippen LogP contribution >= 0.6 is 11.8 Å². The first-order valence-corrected chi connectivity index (χ1v) is 7.21. The zero-order chi connectivity index (χ0) is 13.7. The second-order valence-electron chi connectivity index (χ2n) is 4.39. The molecular weight excluding hydrogens is 256 g/mol. The molecule has 100 valence electrons. The van der Waals surface area contributed by atoms with E-state index in [0.29, 0.717) is 0 Å². The first kappa shape index (κ1) is 14.0. The highest BCUT2D eigenvalue weighted by atomic mass is 32.2. The molecule has 0 fully saturated rings. The van der Waals surface area contributed by atoms with Gasteiger partial charge in [0.2, 0.25) is 0 Å². The van der Waals surface area contributed by atoms with Crippen LogP contribution in [0.2, 0.25) is 0 Å². The number of methoxy groups -OCH3 is 1. The summed E-state index contributed by atoms with van der Waals surface area (Å²) in [6.45, 7) is 1.78. The molecule has 2 aromatic carbocycles. The van der Waals surface area contributed by atoms with Crippen molar-refractivity contribution in [3.63, 3.8) is 0 Å². The summed E-state index contributed by atoms with van der Waals surface area (Å²) < 4.78 is 5.14. The molecule has 0 aliphatic heterocycles. The zero-order valence-corrected chi connectivity index (χ0v) is 12.0. The normalized spacial score (nSPS) is 12.2. The molecule has 2 rings (SSSR count). The number of aliphatic hydroxyl groups is 1. The molecule has 1 atom stereocenters. The van der Waals surface area contributed by atoms with Crippen LogP contribution in [-0.2, 0) is 5.75 Å². The number of benzene rings is 2. The summed E-state index contributed by atoms with van der Waals surface area (Å²) in [7, 11) is 1.67. The van der Waals surface area contributed by atoms with E-state index in [1.165, 1.54) is 10.5 Å². The smallest absolute Gasteiger partial charge is 0.118 e. The Morgan fingerprint density at radius 2 is 1.89 bits per heavy atom. The van der Waals surface area contributed by atoms with Gasteiger partial charge >= 0.3 is 0 Å². The lowest BCUT2D eigenvalue weighted by molar-refractivity contribution is 0.199. The Bertz CT molecular complexity index is 521. The van der Waals surface area contributed by atoms with E-state index >= 15 is 0 Å². The Balaban J connectivity index is 1.99. The third-order valence-corrected chi connectivity index (χ3v) is 3.97. The van der Waals surface area contributed by atoms with Crippen LogP contribution < -0.4 is 4.74 Å². The van der Waals surface area contributed by atoms with Crippen LogP contribution in [0.5, 0.6) is 5.75 Å². The Morgan fingerprint density at radius 3 is 2.53 bits per heavy atom. The fraction of sp³-hybridized carbons (Fsp3) is 0.250. The number of hydrogen-bond acceptors (Lipinski definition) is 3. The van der Waals surface area contributed by atoms with Crippen molar-refractivity contribution in [1.82, 2.24) is 0 Å². The molecule has 0 spiro atoms. The minimum Gasteiger partial charge on any atom is -0.497 e. The Morgan fingerprint density at radius 1 is 1.16 bits per heavy atom. The summed E-state index contributed by atoms with van der Waals surface area (Å²) in [5.74, 6) is 1.79. The van der Waals surface area contributed by atoms with Crippen LogP contribution in [0.3, 0.4) is 0 Å². The Kier molecular flexibility index (Phi) is 4.88. The summed E-state index contributed by atoms with van der Waals surface area (Å²) >= 11 is 1.77. The fourth-order valence-electron chi connectivity index (χ4n) is 1.75. The van der Waals surface area contributed by atoms with Gasteiger partial charge in [0.25, 0.3) is 0 Å². The summed E-state index contributed by atoms with van der Waals surface area (Å²) in [5, 5.41) is 9.57. The summed E-state index contributed by atoms with van der Waals surface area (Å²) in [6, 6.07) is 16.1. The van der Waals surface area contributed by atoms with Gasteiger partial charge < -0.3 is 9.84 Å². The average molecular weight is 274 g/mol. The lowest BCUT2D eigenvalue weighted by Crippen LogP contribution is -1.90. The molecule has 0 aliphatic carbocycles. The van der Waals surface area contributed by atoms with Gasteiger partial charge in [-0.05, 0) is 42.3 Å². The molecule has 19 heavy (non-hydrogen) atoms. The first-order chi connectivity index (χ1) is 9.19. The van der Waals surface area contributed by atoms with Gasteiger partial charge in [0.15, 0.2) is 0 Å². The largest absolute Gasteiger partial charge is 0.497 e. The summed E-state index contributed by atoms with van der Waals surface area (Å²) in [6.07, 6.45) is -0.415. The fourth-order valence-corrected chi connectivity index (χ4v) is 2.67. The molecule has 0 aliphatic rings. The van der Waals surface area contributed by atoms with E-state index in [0.717, 1.165) is 17.1 Å². The molecule has 2 aromatic rings. The van der Waals surface area contributed by atoms with Gasteiger partial charge in [-0.1, -0.05) is 24.3 Å². The summed E-state index contributed by atoms with van der Waals surface area (Å²) in [4.78, 5) is 1.18. The van der Waals surface area contributed by atoms with E-state index in [1.54, 1.807) is 25.8 Å². The first-order valence-electron chi connectivity index (χ1n) is 6.23. The highest BCUT2D eigenvalue weighted by Crippen LogP contribution is 2.26. The number of thioether (sulfide) groups is 1. The second-order valence-corrected chi connectivity index (χ2v) is 5.43. The van der Waals surface area contributed by atoms with Crippen molar-refractivity contribution >= 4 is 11.8 Å². The lowest BCUT2D eigenvalue weighted by Gasteiger charge is -2.07. The molecule has 0 amide bonds. The zero-order valence-electron chi connectivity index (χ0n) is 11.2. The highest BCUT2D eigenvalue weighted by Gasteiger charge is 2.02. The van der Waals surface area contributed by atoms with E-state index in [4.69, 9.17) is 4.74 Å². The van der Waals surface area contributed by atoms with Crippen LogP contribution in [-0.4, -0.2) is 12.2 Å². The second kappa shape index (κ2) is 6.64. The van der Waals surface area contributed by atoms with Gasteiger partial charge in [0, 0.05) is 10.6 Å². The third-order valence-electron chi connectivity index (χ3n) is 2.91. The predicted octanol–water partition coefficient (Wildman–Crippen LogP) is 4.04. The van der Waals surface area contributed by atoms with Gasteiger partial charge in [-0.25, -0.2) is 0 Å². The number of aliphatic hydroxyl groups excluding tert-OH is 1. The van der Waals surface area contributed by atoms with E-state index in [2.05, 4.69) is 18.2 Å². The molecule has 0 saturated carbocycles. The Labute approximate surface area is 118 Å². The Hall–Kier alpha value is -1.45. The van der Waals surface area contributed by atoms with E-state index in [-0.39, 0.29) is 0 Å². The van der Waals surface area contributed by atoms with Crippen molar-refractivity contribution < 1.29 is 9.84 Å². The minimum atomic E-state index is -0.415. The van der Waals surface area contributed by atoms with Crippen molar-refractivity contribution in [3.05, 3.63) is 59.7 Å². The molecule has 2 nitrogen and oxygen atoms in total. The van der Waals surface area contributed by atoms with Gasteiger partial charge in [-0.15, -0.1) is 11.8 Å². The molecule has 0 saturated heterocycles. The lowest BCUT2D eigenvalue weighted by atomic mass is 10.1. The van der Waals surface area contributed by atoms with E-state index < -0.39 is 6.10 Å². The van der Waals surface area contributed by atoms with E-state index in [1.807, 2.05) is 30.3 Å². The predicted molar refractivity (Wildman–Crippen MR) is 79.6 cm³/mol. The van der Waals surface area contributed by atoms with Crippen molar-refractivity contribution in [2.75, 3.05) is 7.11 Å². The van der Waals surface area contributed by atoms with Crippen LogP contribution in [0.25, 0.3) is 0 Å². The van der Waals surface area contributed by atoms with Crippen LogP contribution in [0.1, 0.15) is 24.2 Å². The van der Waals surface area contributed by atoms with E-state index in [9.17, 15) is 5.11 Å². The molecular formula is C16H18O2S. The molecule has 0 radical (unpaired) electrons. The number of ether oxygens (including phenoxy) is 1. The van der Waals surface area contributed by atoms with Crippen molar-refractivity contribution in [1.29, 1.82) is 0 Å². The van der Waals surface area contributed by atoms with Crippen LogP contribution in [0.4, 0.5) is 0 Å². The number of hydrogen-bond donors (Lipinski definition) is 1. The van der Waals surface area contributed by atoms with Gasteiger partial charge in [-0.2, -0.15) is 0 Å². The standard InChI is InChI=1S/C16H18O2S/c1-12(17)14-4-3-5-16(10-14)19-11-13-6-8-15(18-2)9-7-13/h3-10,12,17H,11H2,1-2H3. The van der Waals surface area contributed by atoms with Gasteiger partial charge in [0.05, 0.1) is 13.2 Å². The monoisotopic (exact) mass is 274 g/mol.